The Balaban J connectivity index is 1.36. The number of nitrogens with one attached hydrogen (secondary N) is 1. The number of hydrogen-bond acceptors (Lipinski definition) is 5. The van der Waals surface area contributed by atoms with Crippen molar-refractivity contribution in [3.05, 3.63) is 46.8 Å². The molecule has 0 aliphatic carbocycles. The Kier molecular flexibility index (Phi) is 7.63. The highest BCUT2D eigenvalue weighted by Crippen LogP contribution is 2.29. The van der Waals surface area contributed by atoms with E-state index in [1.807, 2.05) is 0 Å². The van der Waals surface area contributed by atoms with Gasteiger partial charge in [0.1, 0.15) is 4.21 Å². The van der Waals surface area contributed by atoms with Crippen molar-refractivity contribution in [1.29, 1.82) is 0 Å². The molecule has 2 saturated heterocycles. The number of likely N-dealkylation sites (tertiary alicyclic amines) is 1. The highest BCUT2D eigenvalue weighted by atomic mass is 32.2. The number of rotatable bonds is 5. The summed E-state index contributed by atoms with van der Waals surface area (Å²) in [7, 11) is -3.77. The van der Waals surface area contributed by atoms with Crippen LogP contribution in [0.25, 0.3) is 0 Å². The Labute approximate surface area is 201 Å². The van der Waals surface area contributed by atoms with E-state index in [1.165, 1.54) is 16.4 Å². The fraction of sp³-hybridized carbons (Fsp3) is 0.478. The van der Waals surface area contributed by atoms with Gasteiger partial charge in [0.05, 0.1) is 5.56 Å². The lowest BCUT2D eigenvalue weighted by molar-refractivity contribution is -0.120. The maximum atomic E-state index is 13.4. The van der Waals surface area contributed by atoms with Gasteiger partial charge in [-0.1, -0.05) is 12.8 Å². The molecule has 1 N–H and O–H groups in total. The second-order valence-corrected chi connectivity index (χ2v) is 11.7. The molecule has 34 heavy (non-hydrogen) atoms. The molecule has 0 radical (unpaired) electrons. The van der Waals surface area contributed by atoms with Crippen LogP contribution in [0.15, 0.2) is 33.9 Å². The first-order valence-corrected chi connectivity index (χ1v) is 13.7. The van der Waals surface area contributed by atoms with E-state index in [0.29, 0.717) is 31.5 Å². The van der Waals surface area contributed by atoms with Gasteiger partial charge in [0, 0.05) is 49.2 Å². The number of benzene rings is 1. The second-order valence-electron chi connectivity index (χ2n) is 8.66. The maximum absolute atomic E-state index is 13.4. The minimum atomic E-state index is -3.77. The van der Waals surface area contributed by atoms with Gasteiger partial charge >= 0.3 is 0 Å². The summed E-state index contributed by atoms with van der Waals surface area (Å²) < 4.78 is 54.1. The summed E-state index contributed by atoms with van der Waals surface area (Å²) >= 11 is 1.04. The molecule has 1 aromatic carbocycles. The van der Waals surface area contributed by atoms with E-state index in [2.05, 4.69) is 5.32 Å². The number of sulfonamides is 1. The Morgan fingerprint density at radius 3 is 2.26 bits per heavy atom. The summed E-state index contributed by atoms with van der Waals surface area (Å²) in [5.41, 5.74) is 0.547. The second kappa shape index (κ2) is 10.5. The van der Waals surface area contributed by atoms with E-state index in [1.54, 1.807) is 10.3 Å². The first-order chi connectivity index (χ1) is 16.3. The van der Waals surface area contributed by atoms with E-state index in [4.69, 9.17) is 0 Å². The topological polar surface area (TPSA) is 86.8 Å². The van der Waals surface area contributed by atoms with E-state index in [9.17, 15) is 26.8 Å². The molecule has 0 spiro atoms. The zero-order valence-corrected chi connectivity index (χ0v) is 20.3. The van der Waals surface area contributed by atoms with Crippen molar-refractivity contribution in [2.45, 2.75) is 42.7 Å². The first-order valence-electron chi connectivity index (χ1n) is 11.4. The number of amides is 2. The average Bonchev–Trinajstić information content (AvgIpc) is 3.18. The summed E-state index contributed by atoms with van der Waals surface area (Å²) in [4.78, 5) is 27.1. The van der Waals surface area contributed by atoms with Crippen LogP contribution >= 0.6 is 11.3 Å². The Morgan fingerprint density at radius 1 is 0.941 bits per heavy atom. The van der Waals surface area contributed by atoms with Crippen molar-refractivity contribution in [2.75, 3.05) is 31.5 Å². The summed E-state index contributed by atoms with van der Waals surface area (Å²) in [5, 5.41) is 4.16. The number of carbonyl (C=O) groups excluding carboxylic acids is 2. The SMILES string of the molecule is O=C(Nc1ccc(F)c(F)c1)C1CCN(S(=O)(=O)c2cc(C(=O)N3CCCCCC3)cs2)CC1. The minimum Gasteiger partial charge on any atom is -0.339 e. The molecule has 7 nitrogen and oxygen atoms in total. The fourth-order valence-corrected chi connectivity index (χ4v) is 7.10. The Hall–Kier alpha value is -2.37. The van der Waals surface area contributed by atoms with Crippen LogP contribution in [-0.4, -0.2) is 55.6 Å². The molecule has 1 aromatic heterocycles. The lowest BCUT2D eigenvalue weighted by atomic mass is 9.97. The van der Waals surface area contributed by atoms with Gasteiger partial charge in [-0.3, -0.25) is 9.59 Å². The molecule has 2 fully saturated rings. The first kappa shape index (κ1) is 24.7. The average molecular weight is 512 g/mol. The van der Waals surface area contributed by atoms with Gasteiger partial charge in [-0.15, -0.1) is 11.3 Å². The molecule has 0 saturated carbocycles. The monoisotopic (exact) mass is 511 g/mol. The molecule has 3 heterocycles. The van der Waals surface area contributed by atoms with Crippen LogP contribution in [-0.2, 0) is 14.8 Å². The normalized spacial score (nSPS) is 18.5. The van der Waals surface area contributed by atoms with Crippen LogP contribution in [0.5, 0.6) is 0 Å². The molecule has 0 bridgehead atoms. The van der Waals surface area contributed by atoms with Crippen LogP contribution < -0.4 is 5.32 Å². The highest BCUT2D eigenvalue weighted by molar-refractivity contribution is 7.91. The van der Waals surface area contributed by atoms with Gasteiger partial charge in [0.2, 0.25) is 5.91 Å². The number of halogens is 2. The van der Waals surface area contributed by atoms with Crippen molar-refractivity contribution in [1.82, 2.24) is 9.21 Å². The van der Waals surface area contributed by atoms with Crippen molar-refractivity contribution < 1.29 is 26.8 Å². The third-order valence-electron chi connectivity index (χ3n) is 6.32. The van der Waals surface area contributed by atoms with E-state index < -0.39 is 27.6 Å². The molecule has 2 aliphatic rings. The van der Waals surface area contributed by atoms with E-state index in [0.717, 1.165) is 49.2 Å². The summed E-state index contributed by atoms with van der Waals surface area (Å²) in [6, 6.07) is 4.58. The molecule has 2 aromatic rings. The standard InChI is InChI=1S/C23H27F2N3O4S2/c24-19-6-5-18(14-20(19)25)26-22(29)16-7-11-28(12-8-16)34(31,32)21-13-17(15-33-21)23(30)27-9-3-1-2-4-10-27/h5-6,13-16H,1-4,7-12H2,(H,26,29). The lowest BCUT2D eigenvalue weighted by Crippen LogP contribution is -2.41. The predicted molar refractivity (Wildman–Crippen MR) is 125 cm³/mol. The van der Waals surface area contributed by atoms with Crippen molar-refractivity contribution in [2.24, 2.45) is 5.92 Å². The number of anilines is 1. The zero-order chi connectivity index (χ0) is 24.3. The lowest BCUT2D eigenvalue weighted by Gasteiger charge is -2.30. The van der Waals surface area contributed by atoms with Crippen LogP contribution in [0.1, 0.15) is 48.9 Å². The zero-order valence-electron chi connectivity index (χ0n) is 18.6. The van der Waals surface area contributed by atoms with Crippen molar-refractivity contribution in [3.8, 4) is 0 Å². The van der Waals surface area contributed by atoms with Gasteiger partial charge < -0.3 is 10.2 Å². The molecular weight excluding hydrogens is 484 g/mol. The van der Waals surface area contributed by atoms with Crippen LogP contribution in [0, 0.1) is 17.6 Å². The van der Waals surface area contributed by atoms with Gasteiger partial charge in [-0.25, -0.2) is 17.2 Å². The molecule has 0 atom stereocenters. The van der Waals surface area contributed by atoms with Crippen molar-refractivity contribution in [3.63, 3.8) is 0 Å². The Morgan fingerprint density at radius 2 is 1.62 bits per heavy atom. The largest absolute Gasteiger partial charge is 0.339 e. The number of hydrogen-bond donors (Lipinski definition) is 1. The smallest absolute Gasteiger partial charge is 0.254 e. The molecule has 4 rings (SSSR count). The molecule has 2 amide bonds. The van der Waals surface area contributed by atoms with Gasteiger partial charge in [0.25, 0.3) is 15.9 Å². The summed E-state index contributed by atoms with van der Waals surface area (Å²) in [6.45, 7) is 1.70. The van der Waals surface area contributed by atoms with Crippen molar-refractivity contribution >= 4 is 38.9 Å². The third kappa shape index (κ3) is 5.47. The number of thiophene rings is 1. The minimum absolute atomic E-state index is 0.121. The van der Waals surface area contributed by atoms with Gasteiger partial charge in [-0.2, -0.15) is 4.31 Å². The summed E-state index contributed by atoms with van der Waals surface area (Å²) in [5.74, 6) is -2.98. The molecule has 184 valence electrons. The fourth-order valence-electron chi connectivity index (χ4n) is 4.32. The van der Waals surface area contributed by atoms with E-state index in [-0.39, 0.29) is 34.8 Å². The summed E-state index contributed by atoms with van der Waals surface area (Å²) in [6.07, 6.45) is 4.72. The maximum Gasteiger partial charge on any atom is 0.254 e. The van der Waals surface area contributed by atoms with Gasteiger partial charge in [-0.05, 0) is 43.9 Å². The Bertz CT molecular complexity index is 1150. The molecular formula is C23H27F2N3O4S2. The van der Waals surface area contributed by atoms with Gasteiger partial charge in [0.15, 0.2) is 11.6 Å². The molecule has 11 heteroatoms. The number of nitrogens with zero attached hydrogens (tertiary/aromatic N) is 2. The van der Waals surface area contributed by atoms with E-state index >= 15 is 0 Å². The molecule has 0 unspecified atom stereocenters. The third-order valence-corrected chi connectivity index (χ3v) is 9.64. The predicted octanol–water partition coefficient (Wildman–Crippen LogP) is 4.08. The van der Waals surface area contributed by atoms with Crippen LogP contribution in [0.3, 0.4) is 0 Å². The number of piperidine rings is 1. The number of carbonyl (C=O) groups is 2. The molecule has 2 aliphatic heterocycles. The highest BCUT2D eigenvalue weighted by Gasteiger charge is 2.33. The van der Waals surface area contributed by atoms with Crippen LogP contribution in [0.4, 0.5) is 14.5 Å². The van der Waals surface area contributed by atoms with Crippen LogP contribution in [0.2, 0.25) is 0 Å². The quantitative estimate of drug-likeness (QED) is 0.655.